The highest BCUT2D eigenvalue weighted by Crippen LogP contribution is 2.01. The lowest BCUT2D eigenvalue weighted by molar-refractivity contribution is -0.111. The monoisotopic (exact) mass is 171 g/mol. The summed E-state index contributed by atoms with van der Waals surface area (Å²) in [4.78, 5) is 22.6. The fourth-order valence-electron chi connectivity index (χ4n) is 0.755. The predicted octanol–water partition coefficient (Wildman–Crippen LogP) is 0.828. The number of methoxy groups -OCH3 is 1. The fourth-order valence-corrected chi connectivity index (χ4v) is 0.755. The van der Waals surface area contributed by atoms with Crippen LogP contribution in [0.4, 0.5) is 4.79 Å². The van der Waals surface area contributed by atoms with Crippen LogP contribution in [0.1, 0.15) is 6.42 Å². The summed E-state index contributed by atoms with van der Waals surface area (Å²) < 4.78 is 4.43. The van der Waals surface area contributed by atoms with Crippen molar-refractivity contribution in [2.24, 2.45) is 0 Å². The van der Waals surface area contributed by atoms with Crippen LogP contribution in [0.5, 0.6) is 0 Å². The third-order valence-electron chi connectivity index (χ3n) is 1.53. The van der Waals surface area contributed by atoms with Crippen molar-refractivity contribution in [2.75, 3.05) is 14.2 Å². The number of hydrogen-bond donors (Lipinski definition) is 0. The van der Waals surface area contributed by atoms with Crippen molar-refractivity contribution in [3.63, 3.8) is 0 Å². The normalized spacial score (nSPS) is 11.5. The first kappa shape index (κ1) is 10.7. The van der Waals surface area contributed by atoms with Gasteiger partial charge in [-0.15, -0.1) is 6.58 Å². The maximum absolute atomic E-state index is 10.9. The van der Waals surface area contributed by atoms with Gasteiger partial charge in [0.2, 0.25) is 0 Å². The first-order valence-corrected chi connectivity index (χ1v) is 3.54. The van der Waals surface area contributed by atoms with Crippen molar-refractivity contribution in [3.8, 4) is 0 Å². The van der Waals surface area contributed by atoms with E-state index in [-0.39, 0.29) is 0 Å². The van der Waals surface area contributed by atoms with Crippen molar-refractivity contribution >= 4 is 12.4 Å². The van der Waals surface area contributed by atoms with E-state index in [1.54, 1.807) is 6.08 Å². The largest absolute Gasteiger partial charge is 0.453 e. The average Bonchev–Trinajstić information content (AvgIpc) is 2.11. The van der Waals surface area contributed by atoms with Gasteiger partial charge in [0.25, 0.3) is 0 Å². The maximum atomic E-state index is 10.9. The third kappa shape index (κ3) is 2.74. The Morgan fingerprint density at radius 1 is 1.75 bits per heavy atom. The number of rotatable bonds is 4. The van der Waals surface area contributed by atoms with E-state index in [0.717, 1.165) is 0 Å². The van der Waals surface area contributed by atoms with Gasteiger partial charge in [0.05, 0.1) is 13.2 Å². The van der Waals surface area contributed by atoms with Crippen molar-refractivity contribution < 1.29 is 14.3 Å². The van der Waals surface area contributed by atoms with E-state index in [4.69, 9.17) is 0 Å². The topological polar surface area (TPSA) is 46.6 Å². The van der Waals surface area contributed by atoms with Crippen molar-refractivity contribution in [3.05, 3.63) is 12.7 Å². The maximum Gasteiger partial charge on any atom is 0.409 e. The number of ether oxygens (including phenoxy) is 1. The van der Waals surface area contributed by atoms with Gasteiger partial charge in [0, 0.05) is 7.05 Å². The molecule has 0 bridgehead atoms. The first-order chi connectivity index (χ1) is 5.67. The quantitative estimate of drug-likeness (QED) is 0.465. The molecular formula is C8H13NO3. The molecule has 0 saturated carbocycles. The lowest BCUT2D eigenvalue weighted by Crippen LogP contribution is -2.37. The summed E-state index contributed by atoms with van der Waals surface area (Å²) in [5.74, 6) is 0. The summed E-state index contributed by atoms with van der Waals surface area (Å²) in [6, 6.07) is -0.477. The summed E-state index contributed by atoms with van der Waals surface area (Å²) in [5.41, 5.74) is 0. The standard InChI is InChI=1S/C8H13NO3/c1-4-5-7(6-10)9(2)8(11)12-3/h4,6-7H,1,5H2,2-3H3/t7-/m0/s1. The van der Waals surface area contributed by atoms with Gasteiger partial charge < -0.3 is 14.4 Å². The predicted molar refractivity (Wildman–Crippen MR) is 44.8 cm³/mol. The Hall–Kier alpha value is -1.32. The second-order valence-corrected chi connectivity index (χ2v) is 2.31. The Balaban J connectivity index is 4.18. The minimum Gasteiger partial charge on any atom is -0.453 e. The van der Waals surface area contributed by atoms with E-state index in [9.17, 15) is 9.59 Å². The SMILES string of the molecule is C=CC[C@@H](C=O)N(C)C(=O)OC. The van der Waals surface area contributed by atoms with Gasteiger partial charge in [-0.1, -0.05) is 6.08 Å². The fraction of sp³-hybridized carbons (Fsp3) is 0.500. The summed E-state index contributed by atoms with van der Waals surface area (Å²) in [5, 5.41) is 0. The van der Waals surface area contributed by atoms with E-state index in [2.05, 4.69) is 11.3 Å². The van der Waals surface area contributed by atoms with E-state index in [1.807, 2.05) is 0 Å². The molecule has 1 atom stereocenters. The molecule has 0 N–H and O–H groups in total. The lowest BCUT2D eigenvalue weighted by atomic mass is 10.2. The van der Waals surface area contributed by atoms with Crippen LogP contribution < -0.4 is 0 Å². The van der Waals surface area contributed by atoms with Crippen LogP contribution in [-0.2, 0) is 9.53 Å². The summed E-state index contributed by atoms with van der Waals surface area (Å²) in [6.45, 7) is 3.48. The highest BCUT2D eigenvalue weighted by molar-refractivity contribution is 5.73. The Kier molecular flexibility index (Phi) is 4.76. The molecule has 0 aliphatic heterocycles. The van der Waals surface area contributed by atoms with E-state index >= 15 is 0 Å². The van der Waals surface area contributed by atoms with Crippen molar-refractivity contribution in [2.45, 2.75) is 12.5 Å². The molecule has 4 heteroatoms. The summed E-state index contributed by atoms with van der Waals surface area (Å²) in [6.07, 6.45) is 2.20. The summed E-state index contributed by atoms with van der Waals surface area (Å²) >= 11 is 0. The zero-order valence-electron chi connectivity index (χ0n) is 7.32. The lowest BCUT2D eigenvalue weighted by Gasteiger charge is -2.20. The molecular weight excluding hydrogens is 158 g/mol. The second-order valence-electron chi connectivity index (χ2n) is 2.31. The zero-order valence-corrected chi connectivity index (χ0v) is 7.32. The van der Waals surface area contributed by atoms with Crippen LogP contribution >= 0.6 is 0 Å². The van der Waals surface area contributed by atoms with Crippen LogP contribution in [0.2, 0.25) is 0 Å². The molecule has 0 fully saturated rings. The number of carbonyl (C=O) groups is 2. The Labute approximate surface area is 71.8 Å². The van der Waals surface area contributed by atoms with Gasteiger partial charge in [-0.05, 0) is 6.42 Å². The molecule has 0 rings (SSSR count). The number of likely N-dealkylation sites (N-methyl/N-ethyl adjacent to an activating group) is 1. The third-order valence-corrected chi connectivity index (χ3v) is 1.53. The van der Waals surface area contributed by atoms with Crippen LogP contribution in [0, 0.1) is 0 Å². The highest BCUT2D eigenvalue weighted by Gasteiger charge is 2.17. The Bertz CT molecular complexity index is 179. The Morgan fingerprint density at radius 3 is 2.67 bits per heavy atom. The smallest absolute Gasteiger partial charge is 0.409 e. The van der Waals surface area contributed by atoms with Crippen LogP contribution in [0.15, 0.2) is 12.7 Å². The van der Waals surface area contributed by atoms with Crippen molar-refractivity contribution in [1.29, 1.82) is 0 Å². The van der Waals surface area contributed by atoms with Gasteiger partial charge in [0.1, 0.15) is 6.29 Å². The molecule has 0 aliphatic rings. The van der Waals surface area contributed by atoms with Crippen LogP contribution in [-0.4, -0.2) is 37.5 Å². The molecule has 0 heterocycles. The minimum absolute atomic E-state index is 0.440. The van der Waals surface area contributed by atoms with E-state index < -0.39 is 12.1 Å². The molecule has 0 aromatic heterocycles. The van der Waals surface area contributed by atoms with Gasteiger partial charge >= 0.3 is 6.09 Å². The minimum atomic E-state index is -0.519. The molecule has 0 aromatic rings. The summed E-state index contributed by atoms with van der Waals surface area (Å²) in [7, 11) is 2.78. The second kappa shape index (κ2) is 5.35. The van der Waals surface area contributed by atoms with Crippen LogP contribution in [0.25, 0.3) is 0 Å². The molecule has 4 nitrogen and oxygen atoms in total. The number of aldehydes is 1. The van der Waals surface area contributed by atoms with Gasteiger partial charge in [0.15, 0.2) is 0 Å². The van der Waals surface area contributed by atoms with Crippen LogP contribution in [0.3, 0.4) is 0 Å². The highest BCUT2D eigenvalue weighted by atomic mass is 16.5. The van der Waals surface area contributed by atoms with Gasteiger partial charge in [-0.2, -0.15) is 0 Å². The average molecular weight is 171 g/mol. The molecule has 0 aromatic carbocycles. The number of carbonyl (C=O) groups excluding carboxylic acids is 2. The number of hydrogen-bond acceptors (Lipinski definition) is 3. The van der Waals surface area contributed by atoms with Gasteiger partial charge in [-0.3, -0.25) is 0 Å². The molecule has 68 valence electrons. The molecule has 0 spiro atoms. The molecule has 12 heavy (non-hydrogen) atoms. The van der Waals surface area contributed by atoms with E-state index in [0.29, 0.717) is 12.7 Å². The molecule has 0 radical (unpaired) electrons. The van der Waals surface area contributed by atoms with Crippen molar-refractivity contribution in [1.82, 2.24) is 4.90 Å². The molecule has 0 aliphatic carbocycles. The Morgan fingerprint density at radius 2 is 2.33 bits per heavy atom. The first-order valence-electron chi connectivity index (χ1n) is 3.54. The molecule has 0 unspecified atom stereocenters. The van der Waals surface area contributed by atoms with E-state index in [1.165, 1.54) is 19.1 Å². The number of amides is 1. The molecule has 0 saturated heterocycles. The zero-order chi connectivity index (χ0) is 9.56. The number of nitrogens with zero attached hydrogens (tertiary/aromatic N) is 1. The molecule has 1 amide bonds. The van der Waals surface area contributed by atoms with Gasteiger partial charge in [-0.25, -0.2) is 4.79 Å².